The van der Waals surface area contributed by atoms with Crippen molar-refractivity contribution in [2.24, 2.45) is 0 Å². The van der Waals surface area contributed by atoms with Crippen molar-refractivity contribution in [3.05, 3.63) is 35.2 Å². The maximum Gasteiger partial charge on any atom is 0.319 e. The van der Waals surface area contributed by atoms with Crippen molar-refractivity contribution < 1.29 is 9.42 Å². The Hall–Kier alpha value is -2.90. The number of aryl methyl sites for hydroxylation is 2. The quantitative estimate of drug-likeness (QED) is 0.770. The number of rotatable bonds is 4. The smallest absolute Gasteiger partial charge is 0.319 e. The summed E-state index contributed by atoms with van der Waals surface area (Å²) in [4.78, 5) is 12.1. The largest absolute Gasteiger partial charge is 0.334 e. The summed E-state index contributed by atoms with van der Waals surface area (Å²) in [5.74, 6) is 0. The molecular weight excluding hydrogens is 296 g/mol. The molecule has 2 amide bonds. The SMILES string of the molecule is CCn1nc(C)c(NC(=O)NCc2ccc3nonc3c2)c1C. The molecule has 0 aliphatic rings. The summed E-state index contributed by atoms with van der Waals surface area (Å²) in [6.45, 7) is 6.97. The van der Waals surface area contributed by atoms with Crippen LogP contribution in [0.1, 0.15) is 23.9 Å². The van der Waals surface area contributed by atoms with Gasteiger partial charge in [0.05, 0.1) is 17.1 Å². The Balaban J connectivity index is 1.64. The third kappa shape index (κ3) is 3.01. The fraction of sp³-hybridized carbons (Fsp3) is 0.333. The van der Waals surface area contributed by atoms with Gasteiger partial charge in [0.2, 0.25) is 0 Å². The second-order valence-corrected chi connectivity index (χ2v) is 5.26. The summed E-state index contributed by atoms with van der Waals surface area (Å²) < 4.78 is 6.51. The molecule has 8 nitrogen and oxygen atoms in total. The van der Waals surface area contributed by atoms with Gasteiger partial charge >= 0.3 is 6.03 Å². The monoisotopic (exact) mass is 314 g/mol. The van der Waals surface area contributed by atoms with Crippen molar-refractivity contribution in [1.29, 1.82) is 0 Å². The molecule has 0 fully saturated rings. The van der Waals surface area contributed by atoms with Crippen molar-refractivity contribution in [1.82, 2.24) is 25.4 Å². The van der Waals surface area contributed by atoms with Crippen molar-refractivity contribution >= 4 is 22.8 Å². The van der Waals surface area contributed by atoms with E-state index in [2.05, 4.69) is 30.7 Å². The zero-order valence-electron chi connectivity index (χ0n) is 13.3. The Kier molecular flexibility index (Phi) is 3.96. The summed E-state index contributed by atoms with van der Waals surface area (Å²) in [6, 6.07) is 5.24. The van der Waals surface area contributed by atoms with Crippen molar-refractivity contribution in [3.63, 3.8) is 0 Å². The molecular formula is C15H18N6O2. The van der Waals surface area contributed by atoms with E-state index in [0.717, 1.165) is 29.2 Å². The van der Waals surface area contributed by atoms with Gasteiger partial charge < -0.3 is 10.6 Å². The van der Waals surface area contributed by atoms with Gasteiger partial charge in [0, 0.05) is 13.1 Å². The third-order valence-electron chi connectivity index (χ3n) is 3.69. The Morgan fingerprint density at radius 1 is 1.26 bits per heavy atom. The fourth-order valence-corrected chi connectivity index (χ4v) is 2.46. The highest BCUT2D eigenvalue weighted by Gasteiger charge is 2.13. The molecule has 1 aromatic carbocycles. The first kappa shape index (κ1) is 15.0. The number of hydrogen-bond acceptors (Lipinski definition) is 5. The second-order valence-electron chi connectivity index (χ2n) is 5.26. The van der Waals surface area contributed by atoms with E-state index in [0.29, 0.717) is 17.6 Å². The number of fused-ring (bicyclic) bond motifs is 1. The molecule has 0 bridgehead atoms. The molecule has 3 aromatic rings. The molecule has 120 valence electrons. The standard InChI is InChI=1S/C15H18N6O2/c1-4-21-10(3)14(9(2)18-21)17-15(22)16-8-11-5-6-12-13(7-11)20-23-19-12/h5-7H,4,8H2,1-3H3,(H2,16,17,22). The zero-order valence-corrected chi connectivity index (χ0v) is 13.3. The van der Waals surface area contributed by atoms with Gasteiger partial charge in [-0.05, 0) is 48.8 Å². The lowest BCUT2D eigenvalue weighted by atomic mass is 10.2. The number of nitrogens with zero attached hydrogens (tertiary/aromatic N) is 4. The van der Waals surface area contributed by atoms with Crippen LogP contribution in [0.4, 0.5) is 10.5 Å². The second kappa shape index (κ2) is 6.07. The average molecular weight is 314 g/mol. The minimum Gasteiger partial charge on any atom is -0.334 e. The molecule has 0 unspecified atom stereocenters. The van der Waals surface area contributed by atoms with E-state index in [1.165, 1.54) is 0 Å². The first-order valence-corrected chi connectivity index (χ1v) is 7.38. The predicted molar refractivity (Wildman–Crippen MR) is 85.0 cm³/mol. The van der Waals surface area contributed by atoms with E-state index in [-0.39, 0.29) is 6.03 Å². The van der Waals surface area contributed by atoms with Crippen LogP contribution in [0.2, 0.25) is 0 Å². The number of anilines is 1. The number of hydrogen-bond donors (Lipinski definition) is 2. The topological polar surface area (TPSA) is 97.9 Å². The van der Waals surface area contributed by atoms with Crippen LogP contribution < -0.4 is 10.6 Å². The van der Waals surface area contributed by atoms with Crippen LogP contribution in [0.3, 0.4) is 0 Å². The van der Waals surface area contributed by atoms with E-state index >= 15 is 0 Å². The predicted octanol–water partition coefficient (Wildman–Crippen LogP) is 2.38. The Labute approximate surface area is 132 Å². The van der Waals surface area contributed by atoms with Gasteiger partial charge in [-0.3, -0.25) is 4.68 Å². The molecule has 2 N–H and O–H groups in total. The highest BCUT2D eigenvalue weighted by molar-refractivity contribution is 5.90. The first-order valence-electron chi connectivity index (χ1n) is 7.38. The molecule has 2 heterocycles. The average Bonchev–Trinajstić information content (AvgIpc) is 3.11. The highest BCUT2D eigenvalue weighted by Crippen LogP contribution is 2.19. The molecule has 0 aliphatic carbocycles. The fourth-order valence-electron chi connectivity index (χ4n) is 2.46. The van der Waals surface area contributed by atoms with E-state index < -0.39 is 0 Å². The van der Waals surface area contributed by atoms with Crippen molar-refractivity contribution in [2.45, 2.75) is 33.9 Å². The normalized spacial score (nSPS) is 10.9. The van der Waals surface area contributed by atoms with E-state index in [1.54, 1.807) is 6.07 Å². The van der Waals surface area contributed by atoms with Crippen LogP contribution in [-0.4, -0.2) is 26.1 Å². The maximum atomic E-state index is 12.1. The van der Waals surface area contributed by atoms with Gasteiger partial charge in [0.25, 0.3) is 0 Å². The Morgan fingerprint density at radius 2 is 2.04 bits per heavy atom. The van der Waals surface area contributed by atoms with Crippen molar-refractivity contribution in [3.8, 4) is 0 Å². The van der Waals surface area contributed by atoms with Gasteiger partial charge in [-0.15, -0.1) is 0 Å². The number of nitrogens with one attached hydrogen (secondary N) is 2. The molecule has 3 rings (SSSR count). The van der Waals surface area contributed by atoms with Gasteiger partial charge in [0.1, 0.15) is 11.0 Å². The van der Waals surface area contributed by atoms with Gasteiger partial charge in [-0.2, -0.15) is 5.10 Å². The lowest BCUT2D eigenvalue weighted by molar-refractivity contribution is 0.251. The summed E-state index contributed by atoms with van der Waals surface area (Å²) in [6.07, 6.45) is 0. The molecule has 0 saturated heterocycles. The Bertz CT molecular complexity index is 851. The Morgan fingerprint density at radius 3 is 2.78 bits per heavy atom. The molecule has 0 radical (unpaired) electrons. The van der Waals surface area contributed by atoms with Crippen LogP contribution in [-0.2, 0) is 13.1 Å². The number of amides is 2. The molecule has 8 heteroatoms. The highest BCUT2D eigenvalue weighted by atomic mass is 16.6. The van der Waals surface area contributed by atoms with Gasteiger partial charge in [-0.1, -0.05) is 6.07 Å². The first-order chi connectivity index (χ1) is 11.1. The molecule has 23 heavy (non-hydrogen) atoms. The summed E-state index contributed by atoms with van der Waals surface area (Å²) in [5.41, 5.74) is 4.77. The molecule has 2 aromatic heterocycles. The van der Waals surface area contributed by atoms with E-state index in [4.69, 9.17) is 0 Å². The third-order valence-corrected chi connectivity index (χ3v) is 3.69. The zero-order chi connectivity index (χ0) is 16.4. The summed E-state index contributed by atoms with van der Waals surface area (Å²) in [5, 5.41) is 17.6. The number of benzene rings is 1. The van der Waals surface area contributed by atoms with Gasteiger partial charge in [0.15, 0.2) is 0 Å². The number of aromatic nitrogens is 4. The number of carbonyl (C=O) groups excluding carboxylic acids is 1. The van der Waals surface area contributed by atoms with Crippen LogP contribution >= 0.6 is 0 Å². The minimum atomic E-state index is -0.273. The van der Waals surface area contributed by atoms with Crippen molar-refractivity contribution in [2.75, 3.05) is 5.32 Å². The number of carbonyl (C=O) groups is 1. The van der Waals surface area contributed by atoms with E-state index in [9.17, 15) is 4.79 Å². The van der Waals surface area contributed by atoms with Crippen LogP contribution in [0.25, 0.3) is 11.0 Å². The van der Waals surface area contributed by atoms with Crippen LogP contribution in [0.15, 0.2) is 22.8 Å². The van der Waals surface area contributed by atoms with Crippen LogP contribution in [0.5, 0.6) is 0 Å². The molecule has 0 spiro atoms. The lowest BCUT2D eigenvalue weighted by Crippen LogP contribution is -2.28. The number of urea groups is 1. The molecule has 0 atom stereocenters. The summed E-state index contributed by atoms with van der Waals surface area (Å²) in [7, 11) is 0. The molecule has 0 aliphatic heterocycles. The van der Waals surface area contributed by atoms with Crippen LogP contribution in [0, 0.1) is 13.8 Å². The van der Waals surface area contributed by atoms with E-state index in [1.807, 2.05) is 37.6 Å². The lowest BCUT2D eigenvalue weighted by Gasteiger charge is -2.08. The molecule has 0 saturated carbocycles. The van der Waals surface area contributed by atoms with Gasteiger partial charge in [-0.25, -0.2) is 9.42 Å². The maximum absolute atomic E-state index is 12.1. The minimum absolute atomic E-state index is 0.273. The summed E-state index contributed by atoms with van der Waals surface area (Å²) >= 11 is 0.